The number of ether oxygens (including phenoxy) is 1. The first-order chi connectivity index (χ1) is 12.7. The fourth-order valence-electron chi connectivity index (χ4n) is 3.71. The number of rotatable bonds is 7. The summed E-state index contributed by atoms with van der Waals surface area (Å²) >= 11 is 0. The van der Waals surface area contributed by atoms with Gasteiger partial charge >= 0.3 is 0 Å². The van der Waals surface area contributed by atoms with Crippen molar-refractivity contribution in [2.24, 2.45) is 0 Å². The van der Waals surface area contributed by atoms with Crippen LogP contribution in [0.3, 0.4) is 0 Å². The van der Waals surface area contributed by atoms with Crippen LogP contribution >= 0.6 is 0 Å². The molecule has 8 heteroatoms. The second-order valence-electron chi connectivity index (χ2n) is 7.36. The lowest BCUT2D eigenvalue weighted by Gasteiger charge is -2.36. The molecule has 2 N–H and O–H groups in total. The third kappa shape index (κ3) is 3.91. The van der Waals surface area contributed by atoms with Crippen LogP contribution in [0.25, 0.3) is 0 Å². The largest absolute Gasteiger partial charge is 0.389 e. The van der Waals surface area contributed by atoms with Gasteiger partial charge in [0.2, 0.25) is 11.9 Å². The number of likely N-dealkylation sites (tertiary alicyclic amines) is 1. The van der Waals surface area contributed by atoms with Crippen LogP contribution in [0, 0.1) is 0 Å². The molecule has 1 aromatic rings. The number of aliphatic hydroxyl groups excluding tert-OH is 1. The summed E-state index contributed by atoms with van der Waals surface area (Å²) in [5.74, 6) is 2.07. The molecule has 0 radical (unpaired) electrons. The van der Waals surface area contributed by atoms with Gasteiger partial charge in [-0.1, -0.05) is 0 Å². The molecule has 3 fully saturated rings. The van der Waals surface area contributed by atoms with E-state index in [0.717, 1.165) is 57.0 Å². The van der Waals surface area contributed by atoms with Crippen LogP contribution in [0.5, 0.6) is 0 Å². The molecule has 0 bridgehead atoms. The second-order valence-corrected chi connectivity index (χ2v) is 7.36. The summed E-state index contributed by atoms with van der Waals surface area (Å²) in [5, 5.41) is 12.9. The molecule has 0 saturated carbocycles. The number of carbonyl (C=O) groups excluding carboxylic acids is 1. The minimum absolute atomic E-state index is 0.272. The predicted octanol–water partition coefficient (Wildman–Crippen LogP) is 0.586. The number of nitrogens with one attached hydrogen (secondary N) is 1. The molecule has 3 saturated heterocycles. The van der Waals surface area contributed by atoms with E-state index in [4.69, 9.17) is 9.72 Å². The predicted molar refractivity (Wildman–Crippen MR) is 97.3 cm³/mol. The molecule has 26 heavy (non-hydrogen) atoms. The summed E-state index contributed by atoms with van der Waals surface area (Å²) in [7, 11) is 0. The molecule has 3 aliphatic rings. The maximum absolute atomic E-state index is 11.7. The molecule has 1 atom stereocenters. The van der Waals surface area contributed by atoms with Crippen molar-refractivity contribution in [1.29, 1.82) is 0 Å². The van der Waals surface area contributed by atoms with E-state index in [0.29, 0.717) is 38.0 Å². The highest BCUT2D eigenvalue weighted by Crippen LogP contribution is 2.28. The molecule has 1 aromatic heterocycles. The molecule has 0 unspecified atom stereocenters. The number of aliphatic hydroxyl groups is 1. The zero-order valence-corrected chi connectivity index (χ0v) is 15.1. The third-order valence-electron chi connectivity index (χ3n) is 5.31. The van der Waals surface area contributed by atoms with Gasteiger partial charge in [0.05, 0.1) is 18.4 Å². The van der Waals surface area contributed by atoms with Gasteiger partial charge in [-0.25, -0.2) is 4.98 Å². The van der Waals surface area contributed by atoms with Crippen LogP contribution in [0.4, 0.5) is 11.8 Å². The van der Waals surface area contributed by atoms with Crippen LogP contribution in [-0.4, -0.2) is 77.9 Å². The highest BCUT2D eigenvalue weighted by Gasteiger charge is 2.29. The van der Waals surface area contributed by atoms with Gasteiger partial charge < -0.3 is 25.0 Å². The van der Waals surface area contributed by atoms with Crippen LogP contribution in [0.15, 0.2) is 6.07 Å². The number of carbonyl (C=O) groups is 1. The normalized spacial score (nSPS) is 23.6. The van der Waals surface area contributed by atoms with E-state index < -0.39 is 0 Å². The molecule has 0 aromatic carbocycles. The number of nitrogens with zero attached hydrogens (tertiary/aromatic N) is 4. The minimum Gasteiger partial charge on any atom is -0.389 e. The molecular weight excluding hydrogens is 334 g/mol. The zero-order valence-electron chi connectivity index (χ0n) is 15.1. The number of aromatic nitrogens is 2. The van der Waals surface area contributed by atoms with Gasteiger partial charge in [-0.3, -0.25) is 4.79 Å². The fraction of sp³-hybridized carbons (Fsp3) is 0.722. The van der Waals surface area contributed by atoms with E-state index in [2.05, 4.69) is 10.3 Å². The zero-order chi connectivity index (χ0) is 17.9. The fourth-order valence-corrected chi connectivity index (χ4v) is 3.71. The van der Waals surface area contributed by atoms with Crippen molar-refractivity contribution in [1.82, 2.24) is 14.9 Å². The Morgan fingerprint density at radius 1 is 1.35 bits per heavy atom. The maximum atomic E-state index is 11.7. The lowest BCUT2D eigenvalue weighted by Crippen LogP contribution is -2.51. The maximum Gasteiger partial charge on any atom is 0.227 e. The van der Waals surface area contributed by atoms with Crippen molar-refractivity contribution in [3.05, 3.63) is 11.8 Å². The van der Waals surface area contributed by atoms with Crippen molar-refractivity contribution in [3.8, 4) is 0 Å². The van der Waals surface area contributed by atoms with Gasteiger partial charge in [-0.15, -0.1) is 0 Å². The Labute approximate surface area is 153 Å². The molecule has 8 nitrogen and oxygen atoms in total. The summed E-state index contributed by atoms with van der Waals surface area (Å²) in [5.41, 5.74) is 1.01. The summed E-state index contributed by atoms with van der Waals surface area (Å²) in [6.07, 6.45) is 3.27. The average Bonchev–Trinajstić information content (AvgIpc) is 3.28. The molecule has 0 spiro atoms. The number of β-amino-alcohol motifs (C(OH)–C–C–N with tert-alkyl or cyclic N) is 1. The highest BCUT2D eigenvalue weighted by molar-refractivity contribution is 5.78. The Hall–Kier alpha value is -1.93. The molecule has 142 valence electrons. The van der Waals surface area contributed by atoms with Crippen molar-refractivity contribution in [2.45, 2.75) is 37.7 Å². The van der Waals surface area contributed by atoms with E-state index in [9.17, 15) is 9.90 Å². The van der Waals surface area contributed by atoms with Crippen LogP contribution in [0.1, 0.15) is 37.3 Å². The molecule has 1 amide bonds. The second kappa shape index (κ2) is 7.75. The summed E-state index contributed by atoms with van der Waals surface area (Å²) in [6.45, 7) is 5.10. The van der Waals surface area contributed by atoms with E-state index >= 15 is 0 Å². The molecule has 3 aliphatic heterocycles. The first-order valence-corrected chi connectivity index (χ1v) is 9.60. The lowest BCUT2D eigenvalue weighted by atomic mass is 10.0. The van der Waals surface area contributed by atoms with Gasteiger partial charge in [0.1, 0.15) is 5.82 Å². The smallest absolute Gasteiger partial charge is 0.227 e. The first-order valence-electron chi connectivity index (χ1n) is 9.60. The molecule has 0 aliphatic carbocycles. The number of anilines is 2. The van der Waals surface area contributed by atoms with Gasteiger partial charge in [0.15, 0.2) is 0 Å². The lowest BCUT2D eigenvalue weighted by molar-refractivity contribution is -0.127. The summed E-state index contributed by atoms with van der Waals surface area (Å²) < 4.78 is 5.50. The Kier molecular flexibility index (Phi) is 5.21. The minimum atomic E-state index is -0.286. The van der Waals surface area contributed by atoms with Crippen LogP contribution in [0.2, 0.25) is 0 Å². The van der Waals surface area contributed by atoms with E-state index in [1.54, 1.807) is 0 Å². The Morgan fingerprint density at radius 3 is 2.92 bits per heavy atom. The standard InChI is InChI=1S/C18H27N5O3/c24-14-10-23(11-14)18-20-15(13-4-8-26-12-13)9-16(21-18)19-5-2-7-22-6-1-3-17(22)25/h9,13-14,24H,1-8,10-12H2,(H,19,20,21)/t13-/m0/s1. The van der Waals surface area contributed by atoms with E-state index in [1.807, 2.05) is 15.9 Å². The van der Waals surface area contributed by atoms with Crippen molar-refractivity contribution in [2.75, 3.05) is 56.2 Å². The van der Waals surface area contributed by atoms with E-state index in [-0.39, 0.29) is 12.0 Å². The monoisotopic (exact) mass is 361 g/mol. The van der Waals surface area contributed by atoms with Gasteiger partial charge in [-0.05, 0) is 19.3 Å². The highest BCUT2D eigenvalue weighted by atomic mass is 16.5. The Balaban J connectivity index is 1.38. The average molecular weight is 361 g/mol. The van der Waals surface area contributed by atoms with Crippen LogP contribution in [-0.2, 0) is 9.53 Å². The molecule has 4 rings (SSSR count). The van der Waals surface area contributed by atoms with E-state index in [1.165, 1.54) is 0 Å². The third-order valence-corrected chi connectivity index (χ3v) is 5.31. The van der Waals surface area contributed by atoms with Crippen molar-refractivity contribution >= 4 is 17.7 Å². The number of amides is 1. The Morgan fingerprint density at radius 2 is 2.23 bits per heavy atom. The summed E-state index contributed by atoms with van der Waals surface area (Å²) in [6, 6.07) is 2.01. The number of hydrogen-bond acceptors (Lipinski definition) is 7. The van der Waals surface area contributed by atoms with Gasteiger partial charge in [0, 0.05) is 57.7 Å². The SMILES string of the molecule is O=C1CCCN1CCCNc1cc([C@H]2CCOC2)nc(N2CC(O)C2)n1. The summed E-state index contributed by atoms with van der Waals surface area (Å²) in [4.78, 5) is 24.9. The van der Waals surface area contributed by atoms with Crippen LogP contribution < -0.4 is 10.2 Å². The van der Waals surface area contributed by atoms with Crippen molar-refractivity contribution < 1.29 is 14.6 Å². The molecular formula is C18H27N5O3. The quantitative estimate of drug-likeness (QED) is 0.687. The molecule has 4 heterocycles. The van der Waals surface area contributed by atoms with Gasteiger partial charge in [0.25, 0.3) is 0 Å². The van der Waals surface area contributed by atoms with Crippen molar-refractivity contribution in [3.63, 3.8) is 0 Å². The first kappa shape index (κ1) is 17.5. The Bertz CT molecular complexity index is 644. The van der Waals surface area contributed by atoms with Gasteiger partial charge in [-0.2, -0.15) is 4.98 Å². The topological polar surface area (TPSA) is 90.8 Å². The number of hydrogen-bond donors (Lipinski definition) is 2.